The number of hydrogen-bond donors (Lipinski definition) is 1. The van der Waals surface area contributed by atoms with E-state index in [0.29, 0.717) is 16.5 Å². The number of carbonyl (C=O) groups is 2. The SMILES string of the molecule is COc1cc(OC)cc(C(=O)OCC(=O)N[C@@H](C)c2ccccc2Cl)c1. The first kappa shape index (κ1) is 19.6. The summed E-state index contributed by atoms with van der Waals surface area (Å²) in [6.45, 7) is 1.39. The summed E-state index contributed by atoms with van der Waals surface area (Å²) in [6, 6.07) is 11.5. The Balaban J connectivity index is 1.95. The summed E-state index contributed by atoms with van der Waals surface area (Å²) >= 11 is 6.11. The molecule has 0 unspecified atom stereocenters. The van der Waals surface area contributed by atoms with Gasteiger partial charge in [0.1, 0.15) is 11.5 Å². The fourth-order valence-electron chi connectivity index (χ4n) is 2.33. The number of halogens is 1. The van der Waals surface area contributed by atoms with Crippen LogP contribution in [0.2, 0.25) is 5.02 Å². The zero-order valence-corrected chi connectivity index (χ0v) is 15.5. The van der Waals surface area contributed by atoms with Crippen molar-refractivity contribution < 1.29 is 23.8 Å². The summed E-state index contributed by atoms with van der Waals surface area (Å²) in [5, 5.41) is 3.30. The van der Waals surface area contributed by atoms with Crippen LogP contribution in [0, 0.1) is 0 Å². The molecule has 0 spiro atoms. The van der Waals surface area contributed by atoms with Crippen LogP contribution in [0.25, 0.3) is 0 Å². The standard InChI is InChI=1S/C19H20ClNO5/c1-12(16-6-4-5-7-17(16)20)21-18(22)11-26-19(23)13-8-14(24-2)10-15(9-13)25-3/h4-10,12H,11H2,1-3H3,(H,21,22)/t12-/m0/s1. The molecule has 0 saturated carbocycles. The Kier molecular flexibility index (Phi) is 6.86. The number of amides is 1. The maximum atomic E-state index is 12.2. The van der Waals surface area contributed by atoms with E-state index in [0.717, 1.165) is 5.56 Å². The second kappa shape index (κ2) is 9.10. The molecule has 2 rings (SSSR count). The Bertz CT molecular complexity index is 771. The first-order chi connectivity index (χ1) is 12.4. The van der Waals surface area contributed by atoms with Gasteiger partial charge >= 0.3 is 5.97 Å². The van der Waals surface area contributed by atoms with E-state index in [1.54, 1.807) is 19.1 Å². The molecule has 6 nitrogen and oxygen atoms in total. The Hall–Kier alpha value is -2.73. The molecule has 2 aromatic carbocycles. The Labute approximate surface area is 157 Å². The largest absolute Gasteiger partial charge is 0.497 e. The normalized spacial score (nSPS) is 11.4. The smallest absolute Gasteiger partial charge is 0.338 e. The van der Waals surface area contributed by atoms with E-state index in [2.05, 4.69) is 5.32 Å². The molecular formula is C19H20ClNO5. The number of hydrogen-bond acceptors (Lipinski definition) is 5. The molecule has 0 aromatic heterocycles. The minimum Gasteiger partial charge on any atom is -0.497 e. The lowest BCUT2D eigenvalue weighted by Crippen LogP contribution is -2.31. The van der Waals surface area contributed by atoms with Crippen LogP contribution in [0.1, 0.15) is 28.9 Å². The van der Waals surface area contributed by atoms with Gasteiger partial charge in [-0.1, -0.05) is 29.8 Å². The summed E-state index contributed by atoms with van der Waals surface area (Å²) < 4.78 is 15.3. The van der Waals surface area contributed by atoms with Crippen molar-refractivity contribution in [2.24, 2.45) is 0 Å². The van der Waals surface area contributed by atoms with Crippen LogP contribution in [0.15, 0.2) is 42.5 Å². The monoisotopic (exact) mass is 377 g/mol. The Morgan fingerprint density at radius 1 is 1.08 bits per heavy atom. The van der Waals surface area contributed by atoms with Crippen LogP contribution in [0.3, 0.4) is 0 Å². The third-order valence-corrected chi connectivity index (χ3v) is 4.01. The summed E-state index contributed by atoms with van der Waals surface area (Å²) in [5.41, 5.74) is 1.01. The minimum absolute atomic E-state index is 0.230. The second-order valence-corrected chi connectivity index (χ2v) is 5.90. The van der Waals surface area contributed by atoms with Crippen molar-refractivity contribution in [2.45, 2.75) is 13.0 Å². The minimum atomic E-state index is -0.650. The van der Waals surface area contributed by atoms with E-state index >= 15 is 0 Å². The van der Waals surface area contributed by atoms with Crippen molar-refractivity contribution in [1.29, 1.82) is 0 Å². The van der Waals surface area contributed by atoms with Gasteiger partial charge in [0.2, 0.25) is 0 Å². The van der Waals surface area contributed by atoms with E-state index in [1.165, 1.54) is 26.4 Å². The van der Waals surface area contributed by atoms with Gasteiger partial charge < -0.3 is 19.5 Å². The third kappa shape index (κ3) is 5.13. The molecule has 1 amide bonds. The predicted molar refractivity (Wildman–Crippen MR) is 97.8 cm³/mol. The molecule has 0 aliphatic carbocycles. The lowest BCUT2D eigenvalue weighted by atomic mass is 10.1. The topological polar surface area (TPSA) is 73.9 Å². The highest BCUT2D eigenvalue weighted by atomic mass is 35.5. The van der Waals surface area contributed by atoms with Crippen molar-refractivity contribution in [1.82, 2.24) is 5.32 Å². The van der Waals surface area contributed by atoms with Crippen molar-refractivity contribution in [3.05, 3.63) is 58.6 Å². The van der Waals surface area contributed by atoms with E-state index in [9.17, 15) is 9.59 Å². The van der Waals surface area contributed by atoms with Crippen LogP contribution in [-0.4, -0.2) is 32.7 Å². The maximum Gasteiger partial charge on any atom is 0.338 e. The Morgan fingerprint density at radius 3 is 2.27 bits per heavy atom. The molecule has 7 heteroatoms. The van der Waals surface area contributed by atoms with Crippen molar-refractivity contribution in [2.75, 3.05) is 20.8 Å². The molecule has 26 heavy (non-hydrogen) atoms. The van der Waals surface area contributed by atoms with Crippen LogP contribution >= 0.6 is 11.6 Å². The van der Waals surface area contributed by atoms with Gasteiger partial charge in [-0.2, -0.15) is 0 Å². The molecule has 2 aromatic rings. The highest BCUT2D eigenvalue weighted by molar-refractivity contribution is 6.31. The van der Waals surface area contributed by atoms with Crippen molar-refractivity contribution in [3.8, 4) is 11.5 Å². The average molecular weight is 378 g/mol. The van der Waals surface area contributed by atoms with Crippen molar-refractivity contribution >= 4 is 23.5 Å². The van der Waals surface area contributed by atoms with Crippen LogP contribution in [0.4, 0.5) is 0 Å². The van der Waals surface area contributed by atoms with Gasteiger partial charge in [0, 0.05) is 11.1 Å². The van der Waals surface area contributed by atoms with E-state index in [1.807, 2.05) is 18.2 Å². The summed E-state index contributed by atoms with van der Waals surface area (Å²) in [5.74, 6) is -0.176. The maximum absolute atomic E-state index is 12.2. The van der Waals surface area contributed by atoms with E-state index in [-0.39, 0.29) is 11.6 Å². The molecule has 0 fully saturated rings. The van der Waals surface area contributed by atoms with Gasteiger partial charge in [0.25, 0.3) is 5.91 Å². The van der Waals surface area contributed by atoms with Crippen LogP contribution < -0.4 is 14.8 Å². The number of rotatable bonds is 7. The fourth-order valence-corrected chi connectivity index (χ4v) is 2.63. The number of nitrogens with one attached hydrogen (secondary N) is 1. The lowest BCUT2D eigenvalue weighted by Gasteiger charge is -2.15. The number of esters is 1. The van der Waals surface area contributed by atoms with E-state index < -0.39 is 18.5 Å². The average Bonchev–Trinajstić information content (AvgIpc) is 2.65. The van der Waals surface area contributed by atoms with Crippen LogP contribution in [-0.2, 0) is 9.53 Å². The summed E-state index contributed by atoms with van der Waals surface area (Å²) in [4.78, 5) is 24.2. The zero-order valence-electron chi connectivity index (χ0n) is 14.7. The van der Waals surface area contributed by atoms with Gasteiger partial charge in [-0.15, -0.1) is 0 Å². The highest BCUT2D eigenvalue weighted by Gasteiger charge is 2.16. The van der Waals surface area contributed by atoms with Gasteiger partial charge in [-0.25, -0.2) is 4.79 Å². The zero-order chi connectivity index (χ0) is 19.1. The number of carbonyl (C=O) groups excluding carboxylic acids is 2. The van der Waals surface area contributed by atoms with Gasteiger partial charge in [-0.05, 0) is 30.7 Å². The van der Waals surface area contributed by atoms with Gasteiger partial charge in [0.05, 0.1) is 25.8 Å². The molecule has 1 N–H and O–H groups in total. The van der Waals surface area contributed by atoms with Gasteiger partial charge in [-0.3, -0.25) is 4.79 Å². The first-order valence-corrected chi connectivity index (χ1v) is 8.26. The number of ether oxygens (including phenoxy) is 3. The summed E-state index contributed by atoms with van der Waals surface area (Å²) in [6.07, 6.45) is 0. The highest BCUT2D eigenvalue weighted by Crippen LogP contribution is 2.23. The molecule has 0 saturated heterocycles. The molecule has 1 atom stereocenters. The lowest BCUT2D eigenvalue weighted by molar-refractivity contribution is -0.124. The Morgan fingerprint density at radius 2 is 1.69 bits per heavy atom. The molecule has 0 radical (unpaired) electrons. The first-order valence-electron chi connectivity index (χ1n) is 7.88. The van der Waals surface area contributed by atoms with Crippen molar-refractivity contribution in [3.63, 3.8) is 0 Å². The van der Waals surface area contributed by atoms with Crippen LogP contribution in [0.5, 0.6) is 11.5 Å². The molecule has 138 valence electrons. The molecule has 0 aliphatic heterocycles. The molecule has 0 heterocycles. The molecule has 0 aliphatic rings. The molecule has 0 bridgehead atoms. The quantitative estimate of drug-likeness (QED) is 0.748. The number of benzene rings is 2. The second-order valence-electron chi connectivity index (χ2n) is 5.49. The molecular weight excluding hydrogens is 358 g/mol. The third-order valence-electron chi connectivity index (χ3n) is 3.67. The predicted octanol–water partition coefficient (Wildman–Crippen LogP) is 3.39. The fraction of sp³-hybridized carbons (Fsp3) is 0.263. The number of methoxy groups -OCH3 is 2. The summed E-state index contributed by atoms with van der Waals surface area (Å²) in [7, 11) is 2.96. The van der Waals surface area contributed by atoms with Gasteiger partial charge in [0.15, 0.2) is 6.61 Å². The van der Waals surface area contributed by atoms with E-state index in [4.69, 9.17) is 25.8 Å².